The first-order valence-corrected chi connectivity index (χ1v) is 7.31. The van der Waals surface area contributed by atoms with Gasteiger partial charge in [-0.1, -0.05) is 6.07 Å². The number of urea groups is 1. The molecule has 20 heavy (non-hydrogen) atoms. The number of carbonyl (C=O) groups is 3. The fraction of sp³-hybridized carbons (Fsp3) is 0.462. The van der Waals surface area contributed by atoms with Crippen molar-refractivity contribution >= 4 is 29.2 Å². The Bertz CT molecular complexity index is 487. The Morgan fingerprint density at radius 2 is 2.30 bits per heavy atom. The molecule has 0 aromatic carbocycles. The van der Waals surface area contributed by atoms with Gasteiger partial charge in [0.2, 0.25) is 0 Å². The molecule has 108 valence electrons. The van der Waals surface area contributed by atoms with Gasteiger partial charge in [0.05, 0.1) is 0 Å². The van der Waals surface area contributed by atoms with Gasteiger partial charge in [-0.05, 0) is 24.3 Å². The summed E-state index contributed by atoms with van der Waals surface area (Å²) in [6.45, 7) is 0.401. The van der Waals surface area contributed by atoms with Gasteiger partial charge in [-0.15, -0.1) is 11.3 Å². The van der Waals surface area contributed by atoms with E-state index in [2.05, 4.69) is 5.32 Å². The van der Waals surface area contributed by atoms with E-state index in [4.69, 9.17) is 4.74 Å². The molecule has 0 spiro atoms. The van der Waals surface area contributed by atoms with Gasteiger partial charge >= 0.3 is 12.0 Å². The van der Waals surface area contributed by atoms with E-state index in [0.717, 1.165) is 11.3 Å². The summed E-state index contributed by atoms with van der Waals surface area (Å²) in [6, 6.07) is 3.56. The molecule has 1 aromatic heterocycles. The average molecular weight is 296 g/mol. The lowest BCUT2D eigenvalue weighted by Gasteiger charge is -2.11. The molecule has 0 bridgehead atoms. The smallest absolute Gasteiger partial charge is 0.324 e. The largest absolute Gasteiger partial charge is 0.456 e. The standard InChI is InChI=1S/C13H16N2O4S/c16-11(15-7-6-14-13(15)18)9-19-12(17)5-1-3-10-4-2-8-20-10/h2,4,8H,1,3,5-7,9H2,(H,14,18). The minimum Gasteiger partial charge on any atom is -0.456 e. The first kappa shape index (κ1) is 14.5. The zero-order valence-electron chi connectivity index (χ0n) is 11.0. The number of nitrogens with zero attached hydrogens (tertiary/aromatic N) is 1. The van der Waals surface area contributed by atoms with Crippen LogP contribution in [-0.2, 0) is 20.7 Å². The van der Waals surface area contributed by atoms with Crippen LogP contribution in [0.15, 0.2) is 17.5 Å². The van der Waals surface area contributed by atoms with E-state index in [9.17, 15) is 14.4 Å². The number of aryl methyl sites for hydroxylation is 1. The molecule has 1 fully saturated rings. The molecule has 0 atom stereocenters. The first-order chi connectivity index (χ1) is 9.66. The molecule has 6 nitrogen and oxygen atoms in total. The minimum absolute atomic E-state index is 0.275. The Hall–Kier alpha value is -1.89. The molecule has 7 heteroatoms. The topological polar surface area (TPSA) is 75.7 Å². The number of esters is 1. The number of rotatable bonds is 6. The van der Waals surface area contributed by atoms with Crippen LogP contribution in [0.2, 0.25) is 0 Å². The van der Waals surface area contributed by atoms with Gasteiger partial charge in [-0.25, -0.2) is 4.79 Å². The van der Waals surface area contributed by atoms with E-state index < -0.39 is 17.9 Å². The Labute approximate surface area is 120 Å². The van der Waals surface area contributed by atoms with Gasteiger partial charge in [0.15, 0.2) is 6.61 Å². The van der Waals surface area contributed by atoms with Gasteiger partial charge in [-0.2, -0.15) is 0 Å². The van der Waals surface area contributed by atoms with Gasteiger partial charge in [0.1, 0.15) is 0 Å². The summed E-state index contributed by atoms with van der Waals surface area (Å²) in [4.78, 5) is 36.6. The van der Waals surface area contributed by atoms with Crippen molar-refractivity contribution < 1.29 is 19.1 Å². The number of hydrogen-bond acceptors (Lipinski definition) is 5. The number of imide groups is 1. The molecule has 0 aliphatic carbocycles. The second-order valence-corrected chi connectivity index (χ2v) is 5.40. The fourth-order valence-corrected chi connectivity index (χ4v) is 2.61. The highest BCUT2D eigenvalue weighted by atomic mass is 32.1. The highest BCUT2D eigenvalue weighted by Gasteiger charge is 2.26. The van der Waals surface area contributed by atoms with Gasteiger partial charge < -0.3 is 10.1 Å². The van der Waals surface area contributed by atoms with Gasteiger partial charge in [-0.3, -0.25) is 14.5 Å². The Balaban J connectivity index is 1.62. The van der Waals surface area contributed by atoms with Crippen molar-refractivity contribution in [1.82, 2.24) is 10.2 Å². The zero-order valence-corrected chi connectivity index (χ0v) is 11.8. The number of nitrogens with one attached hydrogen (secondary N) is 1. The fourth-order valence-electron chi connectivity index (χ4n) is 1.86. The summed E-state index contributed by atoms with van der Waals surface area (Å²) in [5.41, 5.74) is 0. The molecule has 2 rings (SSSR count). The minimum atomic E-state index is -0.480. The summed E-state index contributed by atoms with van der Waals surface area (Å²) >= 11 is 1.65. The molecule has 0 unspecified atom stereocenters. The van der Waals surface area contributed by atoms with Crippen LogP contribution in [-0.4, -0.2) is 42.5 Å². The molecule has 1 aliphatic heterocycles. The molecular formula is C13H16N2O4S. The average Bonchev–Trinajstić information content (AvgIpc) is 3.07. The SMILES string of the molecule is O=C(CCCc1cccs1)OCC(=O)N1CCNC1=O. The summed E-state index contributed by atoms with van der Waals surface area (Å²) in [7, 11) is 0. The normalized spacial score (nSPS) is 14.2. The summed E-state index contributed by atoms with van der Waals surface area (Å²) in [6.07, 6.45) is 1.80. The van der Waals surface area contributed by atoms with Crippen molar-refractivity contribution in [2.75, 3.05) is 19.7 Å². The number of amides is 3. The molecule has 3 amide bonds. The maximum atomic E-state index is 11.6. The number of hydrogen-bond donors (Lipinski definition) is 1. The first-order valence-electron chi connectivity index (χ1n) is 6.43. The van der Waals surface area contributed by atoms with Crippen LogP contribution in [0.1, 0.15) is 17.7 Å². The number of carbonyl (C=O) groups excluding carboxylic acids is 3. The van der Waals surface area contributed by atoms with Crippen molar-refractivity contribution in [3.8, 4) is 0 Å². The Morgan fingerprint density at radius 1 is 1.45 bits per heavy atom. The molecule has 1 aliphatic rings. The van der Waals surface area contributed by atoms with Crippen molar-refractivity contribution in [2.45, 2.75) is 19.3 Å². The molecular weight excluding hydrogens is 280 g/mol. The zero-order chi connectivity index (χ0) is 14.4. The second kappa shape index (κ2) is 7.04. The van der Waals surface area contributed by atoms with Crippen LogP contribution in [0.5, 0.6) is 0 Å². The Morgan fingerprint density at radius 3 is 2.95 bits per heavy atom. The molecule has 2 heterocycles. The molecule has 1 saturated heterocycles. The van der Waals surface area contributed by atoms with Crippen LogP contribution in [0.25, 0.3) is 0 Å². The van der Waals surface area contributed by atoms with Crippen LogP contribution >= 0.6 is 11.3 Å². The third kappa shape index (κ3) is 4.06. The molecule has 0 saturated carbocycles. The number of thiophene rings is 1. The van der Waals surface area contributed by atoms with Crippen molar-refractivity contribution in [1.29, 1.82) is 0 Å². The third-order valence-electron chi connectivity index (χ3n) is 2.90. The lowest BCUT2D eigenvalue weighted by molar-refractivity contribution is -0.150. The van der Waals surface area contributed by atoms with Crippen molar-refractivity contribution in [3.63, 3.8) is 0 Å². The molecule has 0 radical (unpaired) electrons. The van der Waals surface area contributed by atoms with E-state index in [1.54, 1.807) is 11.3 Å². The quantitative estimate of drug-likeness (QED) is 0.799. The predicted molar refractivity (Wildman–Crippen MR) is 73.3 cm³/mol. The lowest BCUT2D eigenvalue weighted by atomic mass is 10.2. The van der Waals surface area contributed by atoms with E-state index in [1.165, 1.54) is 4.88 Å². The maximum absolute atomic E-state index is 11.6. The molecule has 1 aromatic rings. The predicted octanol–water partition coefficient (Wildman–Crippen LogP) is 1.17. The third-order valence-corrected chi connectivity index (χ3v) is 3.83. The monoisotopic (exact) mass is 296 g/mol. The van der Waals surface area contributed by atoms with E-state index in [-0.39, 0.29) is 13.0 Å². The number of ether oxygens (including phenoxy) is 1. The highest BCUT2D eigenvalue weighted by Crippen LogP contribution is 2.12. The Kier molecular flexibility index (Phi) is 5.11. The lowest BCUT2D eigenvalue weighted by Crippen LogP contribution is -2.37. The van der Waals surface area contributed by atoms with Crippen LogP contribution in [0, 0.1) is 0 Å². The van der Waals surface area contributed by atoms with Gasteiger partial charge in [0.25, 0.3) is 5.91 Å². The van der Waals surface area contributed by atoms with Crippen LogP contribution in [0.4, 0.5) is 4.79 Å². The van der Waals surface area contributed by atoms with E-state index in [1.807, 2.05) is 17.5 Å². The summed E-state index contributed by atoms with van der Waals surface area (Å²) < 4.78 is 4.88. The molecule has 1 N–H and O–H groups in total. The van der Waals surface area contributed by atoms with Crippen molar-refractivity contribution in [3.05, 3.63) is 22.4 Å². The van der Waals surface area contributed by atoms with Gasteiger partial charge in [0, 0.05) is 24.4 Å². The van der Waals surface area contributed by atoms with Crippen LogP contribution < -0.4 is 5.32 Å². The van der Waals surface area contributed by atoms with E-state index >= 15 is 0 Å². The second-order valence-electron chi connectivity index (χ2n) is 4.37. The summed E-state index contributed by atoms with van der Waals surface area (Å²) in [5, 5.41) is 4.51. The maximum Gasteiger partial charge on any atom is 0.324 e. The highest BCUT2D eigenvalue weighted by molar-refractivity contribution is 7.09. The summed E-state index contributed by atoms with van der Waals surface area (Å²) in [5.74, 6) is -0.888. The van der Waals surface area contributed by atoms with Crippen LogP contribution in [0.3, 0.4) is 0 Å². The van der Waals surface area contributed by atoms with E-state index in [0.29, 0.717) is 19.5 Å². The van der Waals surface area contributed by atoms with Crippen molar-refractivity contribution in [2.24, 2.45) is 0 Å².